The van der Waals surface area contributed by atoms with Gasteiger partial charge in [0.2, 0.25) is 5.91 Å². The molecule has 0 spiro atoms. The van der Waals surface area contributed by atoms with Crippen LogP contribution in [-0.4, -0.2) is 23.3 Å². The van der Waals surface area contributed by atoms with Crippen LogP contribution in [0.4, 0.5) is 0 Å². The van der Waals surface area contributed by atoms with Crippen LogP contribution >= 0.6 is 0 Å². The van der Waals surface area contributed by atoms with Gasteiger partial charge in [-0.15, -0.1) is 0 Å². The van der Waals surface area contributed by atoms with E-state index in [-0.39, 0.29) is 24.4 Å². The summed E-state index contributed by atoms with van der Waals surface area (Å²) in [6.07, 6.45) is 4.75. The van der Waals surface area contributed by atoms with E-state index in [9.17, 15) is 9.59 Å². The van der Waals surface area contributed by atoms with Crippen molar-refractivity contribution in [3.63, 3.8) is 0 Å². The van der Waals surface area contributed by atoms with Crippen molar-refractivity contribution in [3.8, 4) is 0 Å². The molecule has 27 heavy (non-hydrogen) atoms. The third-order valence-corrected chi connectivity index (χ3v) is 4.98. The number of benzene rings is 2. The van der Waals surface area contributed by atoms with Crippen LogP contribution in [0, 0.1) is 0 Å². The highest BCUT2D eigenvalue weighted by molar-refractivity contribution is 5.99. The van der Waals surface area contributed by atoms with Gasteiger partial charge in [0.15, 0.2) is 0 Å². The zero-order chi connectivity index (χ0) is 18.6. The maximum absolute atomic E-state index is 12.4. The summed E-state index contributed by atoms with van der Waals surface area (Å²) in [4.78, 5) is 28.9. The number of nitrogens with one attached hydrogen (secondary N) is 2. The summed E-state index contributed by atoms with van der Waals surface area (Å²) in [6.45, 7) is -0.0391. The van der Waals surface area contributed by atoms with Gasteiger partial charge in [0.25, 0.3) is 5.91 Å². The molecule has 3 aromatic rings. The van der Waals surface area contributed by atoms with Crippen molar-refractivity contribution in [3.05, 3.63) is 77.5 Å². The molecule has 1 heterocycles. The molecule has 0 aliphatic heterocycles. The Morgan fingerprint density at radius 1 is 1.07 bits per heavy atom. The molecule has 136 valence electrons. The SMILES string of the molecule is O=C(CNC(=O)c1ccc2ncccc2c1)N[C@H]1CCCc2ccccc21. The first-order valence-electron chi connectivity index (χ1n) is 9.21. The van der Waals surface area contributed by atoms with Gasteiger partial charge < -0.3 is 10.6 Å². The highest BCUT2D eigenvalue weighted by atomic mass is 16.2. The van der Waals surface area contributed by atoms with Crippen molar-refractivity contribution in [1.82, 2.24) is 15.6 Å². The van der Waals surface area contributed by atoms with E-state index in [4.69, 9.17) is 0 Å². The molecule has 1 aromatic heterocycles. The molecule has 0 unspecified atom stereocenters. The molecule has 0 saturated carbocycles. The van der Waals surface area contributed by atoms with Crippen LogP contribution in [0.1, 0.15) is 40.4 Å². The summed E-state index contributed by atoms with van der Waals surface area (Å²) in [5.41, 5.74) is 3.84. The summed E-state index contributed by atoms with van der Waals surface area (Å²) >= 11 is 0. The zero-order valence-electron chi connectivity index (χ0n) is 14.9. The van der Waals surface area contributed by atoms with Crippen LogP contribution in [-0.2, 0) is 11.2 Å². The lowest BCUT2D eigenvalue weighted by molar-refractivity contribution is -0.121. The van der Waals surface area contributed by atoms with Crippen LogP contribution < -0.4 is 10.6 Å². The lowest BCUT2D eigenvalue weighted by atomic mass is 9.88. The number of aromatic nitrogens is 1. The Morgan fingerprint density at radius 3 is 2.89 bits per heavy atom. The molecule has 0 bridgehead atoms. The number of pyridine rings is 1. The molecule has 4 rings (SSSR count). The highest BCUT2D eigenvalue weighted by Gasteiger charge is 2.21. The predicted octanol–water partition coefficient (Wildman–Crippen LogP) is 3.16. The minimum absolute atomic E-state index is 0.0195. The fourth-order valence-corrected chi connectivity index (χ4v) is 3.63. The van der Waals surface area contributed by atoms with Crippen molar-refractivity contribution in [1.29, 1.82) is 0 Å². The third kappa shape index (κ3) is 3.82. The summed E-state index contributed by atoms with van der Waals surface area (Å²) in [5, 5.41) is 6.65. The van der Waals surface area contributed by atoms with Gasteiger partial charge >= 0.3 is 0 Å². The Morgan fingerprint density at radius 2 is 1.96 bits per heavy atom. The minimum Gasteiger partial charge on any atom is -0.348 e. The van der Waals surface area contributed by atoms with Gasteiger partial charge in [-0.05, 0) is 54.7 Å². The second-order valence-corrected chi connectivity index (χ2v) is 6.80. The van der Waals surface area contributed by atoms with Crippen molar-refractivity contribution in [2.24, 2.45) is 0 Å². The molecule has 2 aromatic carbocycles. The molecule has 1 aliphatic carbocycles. The van der Waals surface area contributed by atoms with E-state index in [1.54, 1.807) is 18.3 Å². The predicted molar refractivity (Wildman–Crippen MR) is 104 cm³/mol. The first-order valence-corrected chi connectivity index (χ1v) is 9.21. The average molecular weight is 359 g/mol. The maximum Gasteiger partial charge on any atom is 0.251 e. The van der Waals surface area contributed by atoms with Crippen molar-refractivity contribution < 1.29 is 9.59 Å². The number of amides is 2. The summed E-state index contributed by atoms with van der Waals surface area (Å²) < 4.78 is 0. The Hall–Kier alpha value is -3.21. The molecule has 0 saturated heterocycles. The number of hydrogen-bond acceptors (Lipinski definition) is 3. The average Bonchev–Trinajstić information content (AvgIpc) is 2.72. The number of carbonyl (C=O) groups is 2. The maximum atomic E-state index is 12.4. The second-order valence-electron chi connectivity index (χ2n) is 6.80. The van der Waals surface area contributed by atoms with Crippen LogP contribution in [0.2, 0.25) is 0 Å². The molecular formula is C22H21N3O2. The molecule has 2 amide bonds. The van der Waals surface area contributed by atoms with Gasteiger partial charge in [0, 0.05) is 17.1 Å². The van der Waals surface area contributed by atoms with Crippen molar-refractivity contribution in [2.45, 2.75) is 25.3 Å². The smallest absolute Gasteiger partial charge is 0.251 e. The van der Waals surface area contributed by atoms with E-state index in [2.05, 4.69) is 27.8 Å². The number of aryl methyl sites for hydroxylation is 1. The molecule has 0 radical (unpaired) electrons. The lowest BCUT2D eigenvalue weighted by Gasteiger charge is -2.26. The van der Waals surface area contributed by atoms with Crippen LogP contribution in [0.3, 0.4) is 0 Å². The van der Waals surface area contributed by atoms with E-state index in [1.165, 1.54) is 11.1 Å². The minimum atomic E-state index is -0.264. The number of nitrogens with zero attached hydrogens (tertiary/aromatic N) is 1. The number of rotatable bonds is 4. The summed E-state index contributed by atoms with van der Waals surface area (Å²) in [7, 11) is 0. The fourth-order valence-electron chi connectivity index (χ4n) is 3.63. The monoisotopic (exact) mass is 359 g/mol. The number of carbonyl (C=O) groups excluding carboxylic acids is 2. The van der Waals surface area contributed by atoms with E-state index in [0.717, 1.165) is 30.2 Å². The summed E-state index contributed by atoms with van der Waals surface area (Å²) in [6, 6.07) is 17.3. The van der Waals surface area contributed by atoms with Gasteiger partial charge in [-0.3, -0.25) is 14.6 Å². The van der Waals surface area contributed by atoms with Crippen molar-refractivity contribution in [2.75, 3.05) is 6.54 Å². The van der Waals surface area contributed by atoms with Crippen molar-refractivity contribution >= 4 is 22.7 Å². The van der Waals surface area contributed by atoms with Crippen LogP contribution in [0.5, 0.6) is 0 Å². The van der Waals surface area contributed by atoms with Gasteiger partial charge in [-0.25, -0.2) is 0 Å². The Labute approximate surface area is 157 Å². The quantitative estimate of drug-likeness (QED) is 0.752. The normalized spacial score (nSPS) is 15.8. The molecule has 1 atom stereocenters. The highest BCUT2D eigenvalue weighted by Crippen LogP contribution is 2.29. The van der Waals surface area contributed by atoms with E-state index in [1.807, 2.05) is 30.3 Å². The molecule has 2 N–H and O–H groups in total. The number of fused-ring (bicyclic) bond motifs is 2. The van der Waals surface area contributed by atoms with Gasteiger partial charge in [-0.2, -0.15) is 0 Å². The van der Waals surface area contributed by atoms with E-state index in [0.29, 0.717) is 5.56 Å². The molecule has 0 fully saturated rings. The number of hydrogen-bond donors (Lipinski definition) is 2. The second kappa shape index (κ2) is 7.58. The Balaban J connectivity index is 1.37. The largest absolute Gasteiger partial charge is 0.348 e. The first kappa shape index (κ1) is 17.2. The van der Waals surface area contributed by atoms with E-state index >= 15 is 0 Å². The zero-order valence-corrected chi connectivity index (χ0v) is 14.9. The fraction of sp³-hybridized carbons (Fsp3) is 0.227. The van der Waals surface area contributed by atoms with Crippen LogP contribution in [0.25, 0.3) is 10.9 Å². The molecular weight excluding hydrogens is 338 g/mol. The lowest BCUT2D eigenvalue weighted by Crippen LogP contribution is -2.39. The third-order valence-electron chi connectivity index (χ3n) is 4.98. The topological polar surface area (TPSA) is 71.1 Å². The summed E-state index contributed by atoms with van der Waals surface area (Å²) in [5.74, 6) is -0.438. The standard InChI is InChI=1S/C22H21N3O2/c26-21(25-20-9-3-6-15-5-1-2-8-18(15)20)14-24-22(27)17-10-11-19-16(13-17)7-4-12-23-19/h1-2,4-5,7-8,10-13,20H,3,6,9,14H2,(H,24,27)(H,25,26)/t20-/m0/s1. The van der Waals surface area contributed by atoms with Gasteiger partial charge in [-0.1, -0.05) is 30.3 Å². The van der Waals surface area contributed by atoms with Crippen LogP contribution in [0.15, 0.2) is 60.8 Å². The molecule has 5 nitrogen and oxygen atoms in total. The van der Waals surface area contributed by atoms with Gasteiger partial charge in [0.1, 0.15) is 0 Å². The Bertz CT molecular complexity index is 1000. The molecule has 1 aliphatic rings. The molecule has 5 heteroatoms. The van der Waals surface area contributed by atoms with Gasteiger partial charge in [0.05, 0.1) is 18.1 Å². The Kier molecular flexibility index (Phi) is 4.83. The first-order chi connectivity index (χ1) is 13.2. The van der Waals surface area contributed by atoms with E-state index < -0.39 is 0 Å².